The monoisotopic (exact) mass is 350 g/mol. The molecule has 0 unspecified atom stereocenters. The van der Waals surface area contributed by atoms with E-state index in [1.165, 1.54) is 21.1 Å². The van der Waals surface area contributed by atoms with Crippen LogP contribution in [-0.2, 0) is 0 Å². The molecule has 1 heterocycles. The van der Waals surface area contributed by atoms with Crippen LogP contribution in [-0.4, -0.2) is 30.9 Å². The van der Waals surface area contributed by atoms with Crippen LogP contribution in [0.3, 0.4) is 0 Å². The third kappa shape index (κ3) is 3.23. The largest absolute Gasteiger partial charge is 0.495 e. The first-order chi connectivity index (χ1) is 11.3. The summed E-state index contributed by atoms with van der Waals surface area (Å²) in [6.45, 7) is 4.93. The molecule has 2 N–H and O–H groups in total. The summed E-state index contributed by atoms with van der Waals surface area (Å²) in [5, 5.41) is 3.15. The number of hydrogen-bond donors (Lipinski definition) is 2. The van der Waals surface area contributed by atoms with Gasteiger partial charge in [-0.15, -0.1) is 0 Å². The first-order valence-electron chi connectivity index (χ1n) is 7.23. The maximum Gasteiger partial charge on any atom is 0.257 e. The number of ketones is 1. The molecule has 0 aliphatic heterocycles. The molecule has 0 saturated carbocycles. The van der Waals surface area contributed by atoms with Crippen molar-refractivity contribution >= 4 is 29.0 Å². The molecule has 0 bridgehead atoms. The van der Waals surface area contributed by atoms with Gasteiger partial charge in [-0.2, -0.15) is 0 Å². The molecule has 0 aliphatic rings. The number of aryl methyl sites for hydroxylation is 1. The Morgan fingerprint density at radius 3 is 2.25 bits per heavy atom. The fourth-order valence-corrected chi connectivity index (χ4v) is 2.82. The molecule has 1 aromatic heterocycles. The molecule has 0 fully saturated rings. The zero-order valence-corrected chi connectivity index (χ0v) is 14.9. The summed E-state index contributed by atoms with van der Waals surface area (Å²) in [6, 6.07) is 3.15. The van der Waals surface area contributed by atoms with Gasteiger partial charge in [-0.1, -0.05) is 11.6 Å². The highest BCUT2D eigenvalue weighted by molar-refractivity contribution is 6.32. The van der Waals surface area contributed by atoms with E-state index in [4.69, 9.17) is 21.1 Å². The number of benzene rings is 1. The summed E-state index contributed by atoms with van der Waals surface area (Å²) in [5.74, 6) is 0.350. The molecule has 0 spiro atoms. The van der Waals surface area contributed by atoms with E-state index in [1.54, 1.807) is 26.0 Å². The Kier molecular flexibility index (Phi) is 5.19. The van der Waals surface area contributed by atoms with Gasteiger partial charge in [0.2, 0.25) is 0 Å². The van der Waals surface area contributed by atoms with E-state index in [0.717, 1.165) is 0 Å². The lowest BCUT2D eigenvalue weighted by Gasteiger charge is -2.13. The minimum Gasteiger partial charge on any atom is -0.495 e. The van der Waals surface area contributed by atoms with Crippen LogP contribution in [0.15, 0.2) is 12.1 Å². The van der Waals surface area contributed by atoms with E-state index in [2.05, 4.69) is 10.3 Å². The minimum absolute atomic E-state index is 0.125. The van der Waals surface area contributed by atoms with Crippen LogP contribution in [0.1, 0.15) is 39.0 Å². The van der Waals surface area contributed by atoms with Crippen molar-refractivity contribution in [1.29, 1.82) is 0 Å². The lowest BCUT2D eigenvalue weighted by atomic mass is 10.1. The number of aromatic amines is 1. The third-order valence-electron chi connectivity index (χ3n) is 3.74. The molecule has 0 radical (unpaired) electrons. The van der Waals surface area contributed by atoms with Gasteiger partial charge in [-0.3, -0.25) is 9.59 Å². The van der Waals surface area contributed by atoms with Crippen molar-refractivity contribution in [3.05, 3.63) is 39.7 Å². The zero-order chi connectivity index (χ0) is 18.0. The number of aromatic nitrogens is 1. The highest BCUT2D eigenvalue weighted by Crippen LogP contribution is 2.36. The van der Waals surface area contributed by atoms with Crippen LogP contribution in [0.25, 0.3) is 0 Å². The number of ether oxygens (including phenoxy) is 2. The van der Waals surface area contributed by atoms with Gasteiger partial charge in [0, 0.05) is 24.8 Å². The van der Waals surface area contributed by atoms with Crippen molar-refractivity contribution in [1.82, 2.24) is 4.98 Å². The van der Waals surface area contributed by atoms with E-state index < -0.39 is 0 Å². The Morgan fingerprint density at radius 2 is 1.75 bits per heavy atom. The predicted molar refractivity (Wildman–Crippen MR) is 92.8 cm³/mol. The van der Waals surface area contributed by atoms with Gasteiger partial charge < -0.3 is 19.8 Å². The summed E-state index contributed by atoms with van der Waals surface area (Å²) >= 11 is 6.06. The molecule has 2 rings (SSSR count). The van der Waals surface area contributed by atoms with E-state index in [1.807, 2.05) is 0 Å². The first kappa shape index (κ1) is 17.9. The van der Waals surface area contributed by atoms with Crippen LogP contribution in [0.2, 0.25) is 5.02 Å². The van der Waals surface area contributed by atoms with Gasteiger partial charge in [0.05, 0.1) is 36.2 Å². The molecule has 0 saturated heterocycles. The maximum atomic E-state index is 12.7. The van der Waals surface area contributed by atoms with E-state index in [-0.39, 0.29) is 11.7 Å². The van der Waals surface area contributed by atoms with Crippen molar-refractivity contribution in [2.45, 2.75) is 20.8 Å². The van der Waals surface area contributed by atoms with Crippen LogP contribution in [0, 0.1) is 13.8 Å². The van der Waals surface area contributed by atoms with Crippen LogP contribution in [0.4, 0.5) is 5.69 Å². The molecule has 0 aliphatic carbocycles. The molecule has 1 amide bonds. The highest BCUT2D eigenvalue weighted by Gasteiger charge is 2.21. The number of carbonyl (C=O) groups is 2. The van der Waals surface area contributed by atoms with Crippen LogP contribution < -0.4 is 14.8 Å². The molecule has 2 aromatic rings. The number of anilines is 1. The van der Waals surface area contributed by atoms with Crippen molar-refractivity contribution < 1.29 is 19.1 Å². The standard InChI is InChI=1S/C17H19ClN2O4/c1-8-15(9(2)19-16(8)10(3)21)17(22)20-12-7-13(23-4)11(18)6-14(12)24-5/h6-7,19H,1-5H3,(H,20,22). The van der Waals surface area contributed by atoms with Gasteiger partial charge >= 0.3 is 0 Å². The van der Waals surface area contributed by atoms with Gasteiger partial charge in [0.15, 0.2) is 5.78 Å². The second-order valence-electron chi connectivity index (χ2n) is 5.32. The minimum atomic E-state index is -0.351. The summed E-state index contributed by atoms with van der Waals surface area (Å²) in [4.78, 5) is 27.2. The van der Waals surface area contributed by atoms with E-state index in [9.17, 15) is 9.59 Å². The van der Waals surface area contributed by atoms with Gasteiger partial charge in [-0.25, -0.2) is 0 Å². The van der Waals surface area contributed by atoms with Crippen molar-refractivity contribution in [2.24, 2.45) is 0 Å². The van der Waals surface area contributed by atoms with Crippen LogP contribution >= 0.6 is 11.6 Å². The SMILES string of the molecule is COc1cc(NC(=O)c2c(C)[nH]c(C(C)=O)c2C)c(OC)cc1Cl. The number of Topliss-reactive ketones (excluding diaryl/α,β-unsaturated/α-hetero) is 1. The second kappa shape index (κ2) is 6.97. The zero-order valence-electron chi connectivity index (χ0n) is 14.2. The number of halogens is 1. The van der Waals surface area contributed by atoms with E-state index >= 15 is 0 Å². The number of amides is 1. The summed E-state index contributed by atoms with van der Waals surface area (Å²) in [6.07, 6.45) is 0. The van der Waals surface area contributed by atoms with Crippen molar-refractivity contribution in [3.63, 3.8) is 0 Å². The third-order valence-corrected chi connectivity index (χ3v) is 4.03. The van der Waals surface area contributed by atoms with Crippen molar-refractivity contribution in [3.8, 4) is 11.5 Å². The first-order valence-corrected chi connectivity index (χ1v) is 7.60. The summed E-state index contributed by atoms with van der Waals surface area (Å²) in [7, 11) is 2.97. The number of nitrogens with one attached hydrogen (secondary N) is 2. The fraction of sp³-hybridized carbons (Fsp3) is 0.294. The van der Waals surface area contributed by atoms with E-state index in [0.29, 0.717) is 44.7 Å². The topological polar surface area (TPSA) is 80.4 Å². The molecule has 7 heteroatoms. The Balaban J connectivity index is 2.42. The molecule has 0 atom stereocenters. The van der Waals surface area contributed by atoms with Crippen LogP contribution in [0.5, 0.6) is 11.5 Å². The number of methoxy groups -OCH3 is 2. The Labute approximate surface area is 145 Å². The number of hydrogen-bond acceptors (Lipinski definition) is 4. The molecular formula is C17H19ClN2O4. The molecule has 6 nitrogen and oxygen atoms in total. The normalized spacial score (nSPS) is 10.4. The molecule has 128 valence electrons. The van der Waals surface area contributed by atoms with Gasteiger partial charge in [-0.05, 0) is 19.4 Å². The Morgan fingerprint density at radius 1 is 1.12 bits per heavy atom. The molecule has 24 heavy (non-hydrogen) atoms. The number of H-pyrrole nitrogens is 1. The maximum absolute atomic E-state index is 12.7. The molecular weight excluding hydrogens is 332 g/mol. The number of rotatable bonds is 5. The molecule has 1 aromatic carbocycles. The average molecular weight is 351 g/mol. The average Bonchev–Trinajstić information content (AvgIpc) is 2.83. The van der Waals surface area contributed by atoms with Crippen molar-refractivity contribution in [2.75, 3.05) is 19.5 Å². The Bertz CT molecular complexity index is 811. The Hall–Kier alpha value is -2.47. The summed E-state index contributed by atoms with van der Waals surface area (Å²) in [5.41, 5.74) is 2.51. The lowest BCUT2D eigenvalue weighted by molar-refractivity contribution is 0.101. The fourth-order valence-electron chi connectivity index (χ4n) is 2.59. The number of carbonyl (C=O) groups excluding carboxylic acids is 2. The lowest BCUT2D eigenvalue weighted by Crippen LogP contribution is -2.14. The highest BCUT2D eigenvalue weighted by atomic mass is 35.5. The second-order valence-corrected chi connectivity index (χ2v) is 5.73. The smallest absolute Gasteiger partial charge is 0.257 e. The predicted octanol–water partition coefficient (Wildman–Crippen LogP) is 3.76. The van der Waals surface area contributed by atoms with Gasteiger partial charge in [0.25, 0.3) is 5.91 Å². The summed E-state index contributed by atoms with van der Waals surface area (Å²) < 4.78 is 10.4. The van der Waals surface area contributed by atoms with Gasteiger partial charge in [0.1, 0.15) is 11.5 Å². The quantitative estimate of drug-likeness (QED) is 0.804.